The van der Waals surface area contributed by atoms with Crippen LogP contribution in [0.25, 0.3) is 0 Å². The highest BCUT2D eigenvalue weighted by molar-refractivity contribution is 9.10. The second-order valence-electron chi connectivity index (χ2n) is 4.50. The van der Waals surface area contributed by atoms with Gasteiger partial charge in [-0.05, 0) is 31.4 Å². The van der Waals surface area contributed by atoms with Crippen molar-refractivity contribution < 1.29 is 4.79 Å². The molecule has 17 heavy (non-hydrogen) atoms. The van der Waals surface area contributed by atoms with Crippen LogP contribution in [0.1, 0.15) is 31.4 Å². The third-order valence-corrected chi connectivity index (χ3v) is 3.91. The summed E-state index contributed by atoms with van der Waals surface area (Å²) in [5, 5.41) is 0. The van der Waals surface area contributed by atoms with Gasteiger partial charge in [0.2, 0.25) is 5.91 Å². The fraction of sp³-hybridized carbons (Fsp3) is 0.462. The minimum atomic E-state index is -0.418. The first-order chi connectivity index (χ1) is 8.11. The summed E-state index contributed by atoms with van der Waals surface area (Å²) in [5.74, 6) is 0.0447. The van der Waals surface area contributed by atoms with E-state index in [1.165, 1.54) is 5.56 Å². The largest absolute Gasteiger partial charge is 0.334 e. The molecule has 1 heterocycles. The van der Waals surface area contributed by atoms with Crippen molar-refractivity contribution in [2.24, 2.45) is 5.73 Å². The van der Waals surface area contributed by atoms with Gasteiger partial charge in [0.25, 0.3) is 0 Å². The Bertz CT molecular complexity index is 420. The summed E-state index contributed by atoms with van der Waals surface area (Å²) in [6.45, 7) is 2.56. The molecule has 1 fully saturated rings. The van der Waals surface area contributed by atoms with E-state index in [1.807, 2.05) is 23.1 Å². The van der Waals surface area contributed by atoms with Gasteiger partial charge in [0.1, 0.15) is 0 Å². The van der Waals surface area contributed by atoms with Gasteiger partial charge in [0.15, 0.2) is 0 Å². The maximum Gasteiger partial charge on any atom is 0.239 e. The summed E-state index contributed by atoms with van der Waals surface area (Å²) >= 11 is 3.55. The van der Waals surface area contributed by atoms with Crippen molar-refractivity contribution in [1.29, 1.82) is 0 Å². The fourth-order valence-corrected chi connectivity index (χ4v) is 2.91. The number of carbonyl (C=O) groups excluding carboxylic acids is 1. The lowest BCUT2D eigenvalue weighted by Crippen LogP contribution is -2.41. The van der Waals surface area contributed by atoms with Gasteiger partial charge in [-0.2, -0.15) is 0 Å². The molecule has 2 N–H and O–H groups in total. The molecule has 92 valence electrons. The van der Waals surface area contributed by atoms with Crippen LogP contribution in [-0.4, -0.2) is 23.4 Å². The summed E-state index contributed by atoms with van der Waals surface area (Å²) in [5.41, 5.74) is 6.87. The van der Waals surface area contributed by atoms with Crippen LogP contribution in [0.2, 0.25) is 0 Å². The molecule has 0 radical (unpaired) electrons. The van der Waals surface area contributed by atoms with Crippen molar-refractivity contribution in [2.45, 2.75) is 31.8 Å². The average Bonchev–Trinajstić information content (AvgIpc) is 2.77. The van der Waals surface area contributed by atoms with E-state index in [1.54, 1.807) is 6.92 Å². The Morgan fingerprint density at radius 3 is 2.88 bits per heavy atom. The number of halogens is 1. The molecule has 0 bridgehead atoms. The van der Waals surface area contributed by atoms with Crippen molar-refractivity contribution in [2.75, 3.05) is 6.54 Å². The van der Waals surface area contributed by atoms with Gasteiger partial charge in [0.05, 0.1) is 12.1 Å². The molecule has 3 nitrogen and oxygen atoms in total. The minimum absolute atomic E-state index is 0.0447. The molecule has 1 amide bonds. The molecular formula is C13H17BrN2O. The predicted molar refractivity (Wildman–Crippen MR) is 71.5 cm³/mol. The van der Waals surface area contributed by atoms with Crippen molar-refractivity contribution in [3.63, 3.8) is 0 Å². The van der Waals surface area contributed by atoms with Crippen LogP contribution in [0.3, 0.4) is 0 Å². The van der Waals surface area contributed by atoms with Gasteiger partial charge < -0.3 is 10.6 Å². The molecule has 2 atom stereocenters. The number of hydrogen-bond donors (Lipinski definition) is 1. The number of carbonyl (C=O) groups is 1. The Labute approximate surface area is 110 Å². The van der Waals surface area contributed by atoms with Gasteiger partial charge in [0, 0.05) is 11.0 Å². The molecular weight excluding hydrogens is 280 g/mol. The van der Waals surface area contributed by atoms with E-state index in [0.717, 1.165) is 23.9 Å². The number of hydrogen-bond acceptors (Lipinski definition) is 2. The van der Waals surface area contributed by atoms with Gasteiger partial charge in [-0.25, -0.2) is 0 Å². The molecule has 0 aliphatic carbocycles. The van der Waals surface area contributed by atoms with Gasteiger partial charge >= 0.3 is 0 Å². The number of nitrogens with two attached hydrogens (primary N) is 1. The summed E-state index contributed by atoms with van der Waals surface area (Å²) < 4.78 is 1.06. The lowest BCUT2D eigenvalue weighted by atomic mass is 10.0. The fourth-order valence-electron chi connectivity index (χ4n) is 2.36. The number of rotatable bonds is 2. The Balaban J connectivity index is 2.26. The third-order valence-electron chi connectivity index (χ3n) is 3.19. The average molecular weight is 297 g/mol. The predicted octanol–water partition coefficient (Wildman–Crippen LogP) is 2.46. The molecule has 0 spiro atoms. The number of nitrogens with zero attached hydrogens (tertiary/aromatic N) is 1. The van der Waals surface area contributed by atoms with E-state index >= 15 is 0 Å². The number of amides is 1. The quantitative estimate of drug-likeness (QED) is 0.911. The maximum atomic E-state index is 12.0. The maximum absolute atomic E-state index is 12.0. The standard InChI is InChI=1S/C13H17BrN2O/c1-9(15)13(17)16-8-4-7-12(16)10-5-2-3-6-11(10)14/h2-3,5-6,9,12H,4,7-8,15H2,1H3/t9-,12+/m1/s1. The zero-order chi connectivity index (χ0) is 12.4. The second kappa shape index (κ2) is 5.19. The molecule has 0 aromatic heterocycles. The topological polar surface area (TPSA) is 46.3 Å². The summed E-state index contributed by atoms with van der Waals surface area (Å²) in [6, 6.07) is 7.83. The molecule has 0 unspecified atom stereocenters. The highest BCUT2D eigenvalue weighted by Crippen LogP contribution is 2.35. The summed E-state index contributed by atoms with van der Waals surface area (Å²) in [4.78, 5) is 13.9. The van der Waals surface area contributed by atoms with E-state index in [-0.39, 0.29) is 11.9 Å². The summed E-state index contributed by atoms with van der Waals surface area (Å²) in [7, 11) is 0. The van der Waals surface area contributed by atoms with Crippen LogP contribution in [-0.2, 0) is 4.79 Å². The van der Waals surface area contributed by atoms with Crippen LogP contribution in [0.4, 0.5) is 0 Å². The zero-order valence-electron chi connectivity index (χ0n) is 9.90. The zero-order valence-corrected chi connectivity index (χ0v) is 11.5. The third kappa shape index (κ3) is 2.53. The molecule has 4 heteroatoms. The van der Waals surface area contributed by atoms with Gasteiger partial charge in [-0.3, -0.25) is 4.79 Å². The summed E-state index contributed by atoms with van der Waals surface area (Å²) in [6.07, 6.45) is 2.06. The van der Waals surface area contributed by atoms with Crippen LogP contribution in [0.15, 0.2) is 28.7 Å². The smallest absolute Gasteiger partial charge is 0.239 e. The molecule has 1 aliphatic heterocycles. The molecule has 1 aromatic rings. The monoisotopic (exact) mass is 296 g/mol. The van der Waals surface area contributed by atoms with Crippen molar-refractivity contribution >= 4 is 21.8 Å². The molecule has 1 aromatic carbocycles. The minimum Gasteiger partial charge on any atom is -0.334 e. The van der Waals surface area contributed by atoms with E-state index in [9.17, 15) is 4.79 Å². The Morgan fingerprint density at radius 2 is 2.24 bits per heavy atom. The molecule has 0 saturated carbocycles. The molecule has 1 saturated heterocycles. The second-order valence-corrected chi connectivity index (χ2v) is 5.35. The van der Waals surface area contributed by atoms with Crippen LogP contribution < -0.4 is 5.73 Å². The first-order valence-corrected chi connectivity index (χ1v) is 6.71. The van der Waals surface area contributed by atoms with E-state index < -0.39 is 6.04 Å². The van der Waals surface area contributed by atoms with Crippen molar-refractivity contribution in [1.82, 2.24) is 4.90 Å². The SMILES string of the molecule is C[C@@H](N)C(=O)N1CCC[C@H]1c1ccccc1Br. The Kier molecular flexibility index (Phi) is 3.84. The van der Waals surface area contributed by atoms with Crippen LogP contribution in [0, 0.1) is 0 Å². The molecule has 2 rings (SSSR count). The highest BCUT2D eigenvalue weighted by atomic mass is 79.9. The van der Waals surface area contributed by atoms with Crippen LogP contribution in [0.5, 0.6) is 0 Å². The van der Waals surface area contributed by atoms with Crippen molar-refractivity contribution in [3.05, 3.63) is 34.3 Å². The van der Waals surface area contributed by atoms with Crippen LogP contribution >= 0.6 is 15.9 Å². The van der Waals surface area contributed by atoms with E-state index in [4.69, 9.17) is 5.73 Å². The first-order valence-electron chi connectivity index (χ1n) is 5.91. The van der Waals surface area contributed by atoms with Gasteiger partial charge in [-0.15, -0.1) is 0 Å². The van der Waals surface area contributed by atoms with E-state index in [2.05, 4.69) is 22.0 Å². The van der Waals surface area contributed by atoms with Crippen molar-refractivity contribution in [3.8, 4) is 0 Å². The Morgan fingerprint density at radius 1 is 1.53 bits per heavy atom. The lowest BCUT2D eigenvalue weighted by molar-refractivity contribution is -0.133. The normalized spacial score (nSPS) is 21.6. The lowest BCUT2D eigenvalue weighted by Gasteiger charge is -2.27. The first kappa shape index (κ1) is 12.6. The molecule has 1 aliphatic rings. The number of likely N-dealkylation sites (tertiary alicyclic amines) is 1. The Hall–Kier alpha value is -0.870. The number of benzene rings is 1. The van der Waals surface area contributed by atoms with E-state index in [0.29, 0.717) is 0 Å². The van der Waals surface area contributed by atoms with Gasteiger partial charge in [-0.1, -0.05) is 34.1 Å². The highest BCUT2D eigenvalue weighted by Gasteiger charge is 2.32.